The smallest absolute Gasteiger partial charge is 0.219 e. The van der Waals surface area contributed by atoms with Crippen LogP contribution in [0.15, 0.2) is 30.3 Å². The van der Waals surface area contributed by atoms with E-state index in [0.717, 1.165) is 24.6 Å². The maximum absolute atomic E-state index is 13.5. The molecule has 2 aromatic rings. The predicted octanol–water partition coefficient (Wildman–Crippen LogP) is 3.60. The van der Waals surface area contributed by atoms with Crippen LogP contribution < -0.4 is 4.74 Å². The molecule has 106 valence electrons. The van der Waals surface area contributed by atoms with Gasteiger partial charge < -0.3 is 9.84 Å². The number of hydrogen-bond acceptors (Lipinski definition) is 3. The molecular weight excluding hydrogens is 264 g/mol. The second kappa shape index (κ2) is 6.43. The third kappa shape index (κ3) is 3.30. The van der Waals surface area contributed by atoms with Crippen molar-refractivity contribution in [3.8, 4) is 11.6 Å². The lowest BCUT2D eigenvalue weighted by Crippen LogP contribution is -1.98. The zero-order chi connectivity index (χ0) is 14.5. The number of aryl methyl sites for hydroxylation is 1. The van der Waals surface area contributed by atoms with E-state index in [9.17, 15) is 13.9 Å². The van der Waals surface area contributed by atoms with Crippen LogP contribution in [0.1, 0.15) is 24.6 Å². The van der Waals surface area contributed by atoms with E-state index in [-0.39, 0.29) is 18.2 Å². The zero-order valence-corrected chi connectivity index (χ0v) is 11.1. The first-order valence-electron chi connectivity index (χ1n) is 6.36. The molecule has 0 aliphatic rings. The number of aliphatic hydroxyl groups excluding tert-OH is 1. The van der Waals surface area contributed by atoms with Crippen LogP contribution in [-0.4, -0.2) is 10.1 Å². The fourth-order valence-corrected chi connectivity index (χ4v) is 1.82. The highest BCUT2D eigenvalue weighted by Gasteiger charge is 2.11. The molecule has 1 N–H and O–H groups in total. The molecule has 0 atom stereocenters. The molecule has 1 heterocycles. The van der Waals surface area contributed by atoms with E-state index >= 15 is 0 Å². The molecule has 0 radical (unpaired) electrons. The molecule has 0 unspecified atom stereocenters. The molecule has 2 rings (SSSR count). The summed E-state index contributed by atoms with van der Waals surface area (Å²) in [5, 5.41) is 9.20. The Kier molecular flexibility index (Phi) is 4.63. The molecule has 0 amide bonds. The van der Waals surface area contributed by atoms with Gasteiger partial charge in [0.15, 0.2) is 11.6 Å². The molecule has 0 fully saturated rings. The van der Waals surface area contributed by atoms with E-state index in [1.807, 2.05) is 6.92 Å². The van der Waals surface area contributed by atoms with Gasteiger partial charge in [0.25, 0.3) is 0 Å². The Bertz CT molecular complexity index is 602. The molecule has 1 aromatic heterocycles. The third-order valence-corrected chi connectivity index (χ3v) is 2.73. The van der Waals surface area contributed by atoms with Gasteiger partial charge in [0.2, 0.25) is 11.7 Å². The summed E-state index contributed by atoms with van der Waals surface area (Å²) in [5.41, 5.74) is 1.36. The van der Waals surface area contributed by atoms with E-state index in [0.29, 0.717) is 5.56 Å². The van der Waals surface area contributed by atoms with Gasteiger partial charge in [-0.25, -0.2) is 9.37 Å². The number of hydrogen-bond donors (Lipinski definition) is 1. The molecule has 5 heteroatoms. The lowest BCUT2D eigenvalue weighted by molar-refractivity contribution is 0.280. The largest absolute Gasteiger partial charge is 0.436 e. The summed E-state index contributed by atoms with van der Waals surface area (Å²) in [4.78, 5) is 4.21. The van der Waals surface area contributed by atoms with Crippen molar-refractivity contribution in [2.24, 2.45) is 0 Å². The maximum Gasteiger partial charge on any atom is 0.219 e. The first kappa shape index (κ1) is 14.4. The minimum absolute atomic E-state index is 0.143. The number of rotatable bonds is 5. The summed E-state index contributed by atoms with van der Waals surface area (Å²) in [6.45, 7) is 1.83. The average Bonchev–Trinajstić information content (AvgIpc) is 2.44. The van der Waals surface area contributed by atoms with Crippen LogP contribution >= 0.6 is 0 Å². The molecule has 0 spiro atoms. The lowest BCUT2D eigenvalue weighted by atomic mass is 10.2. The van der Waals surface area contributed by atoms with Crippen molar-refractivity contribution < 1.29 is 18.6 Å². The number of nitrogens with zero attached hydrogens (tertiary/aromatic N) is 1. The molecular formula is C15H15F2NO2. The Morgan fingerprint density at radius 3 is 2.75 bits per heavy atom. The molecule has 1 aromatic carbocycles. The van der Waals surface area contributed by atoms with Crippen LogP contribution in [0.25, 0.3) is 0 Å². The Labute approximate surface area is 115 Å². The fourth-order valence-electron chi connectivity index (χ4n) is 1.82. The highest BCUT2D eigenvalue weighted by molar-refractivity contribution is 5.32. The van der Waals surface area contributed by atoms with Gasteiger partial charge in [0, 0.05) is 11.8 Å². The second-order valence-corrected chi connectivity index (χ2v) is 4.37. The molecule has 0 bridgehead atoms. The minimum Gasteiger partial charge on any atom is -0.436 e. The van der Waals surface area contributed by atoms with Crippen molar-refractivity contribution in [2.75, 3.05) is 0 Å². The normalized spacial score (nSPS) is 10.6. The SMILES string of the molecule is CCCc1cc(CO)cc(Oc2cccc(F)c2F)n1. The molecule has 0 aliphatic heterocycles. The standard InChI is InChI=1S/C15H15F2NO2/c1-2-4-11-7-10(9-19)8-14(18-11)20-13-6-3-5-12(16)15(13)17/h3,5-8,19H,2,4,9H2,1H3. The minimum atomic E-state index is -1.05. The Morgan fingerprint density at radius 1 is 1.25 bits per heavy atom. The molecule has 20 heavy (non-hydrogen) atoms. The van der Waals surface area contributed by atoms with E-state index in [1.54, 1.807) is 6.07 Å². The Morgan fingerprint density at radius 2 is 2.05 bits per heavy atom. The van der Waals surface area contributed by atoms with Crippen LogP contribution in [-0.2, 0) is 13.0 Å². The van der Waals surface area contributed by atoms with Crippen LogP contribution in [0.4, 0.5) is 8.78 Å². The van der Waals surface area contributed by atoms with E-state index < -0.39 is 11.6 Å². The highest BCUT2D eigenvalue weighted by atomic mass is 19.2. The van der Waals surface area contributed by atoms with Gasteiger partial charge in [-0.05, 0) is 30.2 Å². The van der Waals surface area contributed by atoms with Gasteiger partial charge in [-0.15, -0.1) is 0 Å². The van der Waals surface area contributed by atoms with Crippen LogP contribution in [0, 0.1) is 11.6 Å². The van der Waals surface area contributed by atoms with Gasteiger partial charge >= 0.3 is 0 Å². The number of pyridine rings is 1. The van der Waals surface area contributed by atoms with Gasteiger partial charge in [0.05, 0.1) is 6.61 Å². The van der Waals surface area contributed by atoms with Crippen molar-refractivity contribution in [1.82, 2.24) is 4.98 Å². The fraction of sp³-hybridized carbons (Fsp3) is 0.267. The van der Waals surface area contributed by atoms with E-state index in [1.165, 1.54) is 18.2 Å². The van der Waals surface area contributed by atoms with Crippen molar-refractivity contribution in [2.45, 2.75) is 26.4 Å². The van der Waals surface area contributed by atoms with Crippen LogP contribution in [0.5, 0.6) is 11.6 Å². The van der Waals surface area contributed by atoms with Crippen molar-refractivity contribution in [3.05, 3.63) is 53.2 Å². The summed E-state index contributed by atoms with van der Waals surface area (Å²) < 4.78 is 31.9. The maximum atomic E-state index is 13.5. The van der Waals surface area contributed by atoms with Crippen LogP contribution in [0.2, 0.25) is 0 Å². The van der Waals surface area contributed by atoms with Crippen LogP contribution in [0.3, 0.4) is 0 Å². The quantitative estimate of drug-likeness (QED) is 0.909. The summed E-state index contributed by atoms with van der Waals surface area (Å²) in [5.74, 6) is -2.12. The molecule has 0 saturated heterocycles. The van der Waals surface area contributed by atoms with Crippen molar-refractivity contribution >= 4 is 0 Å². The molecule has 0 saturated carbocycles. The third-order valence-electron chi connectivity index (χ3n) is 2.73. The molecule has 0 aliphatic carbocycles. The number of aliphatic hydroxyl groups is 1. The van der Waals surface area contributed by atoms with E-state index in [2.05, 4.69) is 4.98 Å². The number of halogens is 2. The lowest BCUT2D eigenvalue weighted by Gasteiger charge is -2.09. The average molecular weight is 279 g/mol. The second-order valence-electron chi connectivity index (χ2n) is 4.37. The molecule has 3 nitrogen and oxygen atoms in total. The Hall–Kier alpha value is -2.01. The number of benzene rings is 1. The topological polar surface area (TPSA) is 42.4 Å². The number of ether oxygens (including phenoxy) is 1. The summed E-state index contributed by atoms with van der Waals surface area (Å²) in [7, 11) is 0. The summed E-state index contributed by atoms with van der Waals surface area (Å²) in [6.07, 6.45) is 1.60. The zero-order valence-electron chi connectivity index (χ0n) is 11.1. The summed E-state index contributed by atoms with van der Waals surface area (Å²) >= 11 is 0. The van der Waals surface area contributed by atoms with Crippen molar-refractivity contribution in [3.63, 3.8) is 0 Å². The number of aromatic nitrogens is 1. The first-order valence-corrected chi connectivity index (χ1v) is 6.36. The van der Waals surface area contributed by atoms with Gasteiger partial charge in [-0.3, -0.25) is 0 Å². The predicted molar refractivity (Wildman–Crippen MR) is 70.6 cm³/mol. The highest BCUT2D eigenvalue weighted by Crippen LogP contribution is 2.25. The van der Waals surface area contributed by atoms with E-state index in [4.69, 9.17) is 4.74 Å². The Balaban J connectivity index is 2.32. The summed E-state index contributed by atoms with van der Waals surface area (Å²) in [6, 6.07) is 6.96. The first-order chi connectivity index (χ1) is 9.63. The van der Waals surface area contributed by atoms with Gasteiger partial charge in [0.1, 0.15) is 0 Å². The van der Waals surface area contributed by atoms with Crippen molar-refractivity contribution in [1.29, 1.82) is 0 Å². The van der Waals surface area contributed by atoms with Gasteiger partial charge in [-0.1, -0.05) is 19.4 Å². The monoisotopic (exact) mass is 279 g/mol. The van der Waals surface area contributed by atoms with Gasteiger partial charge in [-0.2, -0.15) is 4.39 Å².